The molecule has 0 spiro atoms. The number of carbonyl (C=O) groups excluding carboxylic acids is 1. The van der Waals surface area contributed by atoms with Crippen LogP contribution in [0.4, 0.5) is 0 Å². The van der Waals surface area contributed by atoms with E-state index in [2.05, 4.69) is 13.8 Å². The Morgan fingerprint density at radius 1 is 1.62 bits per heavy atom. The van der Waals surface area contributed by atoms with Crippen molar-refractivity contribution in [2.45, 2.75) is 38.6 Å². The van der Waals surface area contributed by atoms with Crippen LogP contribution < -0.4 is 5.73 Å². The number of hydrogen-bond donors (Lipinski definition) is 1. The van der Waals surface area contributed by atoms with E-state index in [0.29, 0.717) is 17.6 Å². The van der Waals surface area contributed by atoms with Crippen molar-refractivity contribution < 1.29 is 9.53 Å². The number of carbonyl (C=O) groups is 1. The first-order chi connectivity index (χ1) is 7.54. The maximum absolute atomic E-state index is 11.7. The molecule has 1 fully saturated rings. The number of hydrogen-bond acceptors (Lipinski definition) is 4. The minimum Gasteiger partial charge on any atom is -0.468 e. The average Bonchev–Trinajstić information content (AvgIpc) is 3.11. The molecule has 0 aliphatic heterocycles. The molecule has 2 atom stereocenters. The summed E-state index contributed by atoms with van der Waals surface area (Å²) in [7, 11) is 1.42. The lowest BCUT2D eigenvalue weighted by atomic mass is 9.97. The van der Waals surface area contributed by atoms with Crippen molar-refractivity contribution in [3.8, 4) is 0 Å². The number of methoxy groups -OCH3 is 1. The molecular weight excluding hydrogens is 222 g/mol. The maximum atomic E-state index is 11.7. The summed E-state index contributed by atoms with van der Waals surface area (Å²) in [5.41, 5.74) is 5.45. The molecule has 0 heterocycles. The van der Waals surface area contributed by atoms with Crippen molar-refractivity contribution in [1.82, 2.24) is 0 Å². The second kappa shape index (κ2) is 5.92. The van der Waals surface area contributed by atoms with Gasteiger partial charge in [0.15, 0.2) is 0 Å². The van der Waals surface area contributed by atoms with E-state index in [1.807, 2.05) is 0 Å². The van der Waals surface area contributed by atoms with Gasteiger partial charge in [-0.25, -0.2) is 0 Å². The van der Waals surface area contributed by atoms with Crippen LogP contribution in [0.5, 0.6) is 0 Å². The van der Waals surface area contributed by atoms with E-state index >= 15 is 0 Å². The standard InChI is InChI=1S/C12H23NO2S/c1-4-9(2)7-16-8-12(13,10-5-6-10)11(14)15-3/h9-10H,4-8,13H2,1-3H3. The summed E-state index contributed by atoms with van der Waals surface area (Å²) in [4.78, 5) is 11.7. The Labute approximate surface area is 102 Å². The number of rotatable bonds is 7. The first kappa shape index (κ1) is 13.8. The monoisotopic (exact) mass is 245 g/mol. The molecule has 2 N–H and O–H groups in total. The lowest BCUT2D eigenvalue weighted by molar-refractivity contribution is -0.146. The highest BCUT2D eigenvalue weighted by molar-refractivity contribution is 7.99. The molecule has 3 nitrogen and oxygen atoms in total. The third-order valence-corrected chi connectivity index (χ3v) is 4.80. The van der Waals surface area contributed by atoms with E-state index in [1.54, 1.807) is 11.8 Å². The largest absolute Gasteiger partial charge is 0.468 e. The molecule has 0 saturated heterocycles. The Morgan fingerprint density at radius 3 is 2.69 bits per heavy atom. The van der Waals surface area contributed by atoms with Crippen molar-refractivity contribution in [3.63, 3.8) is 0 Å². The van der Waals surface area contributed by atoms with Crippen LogP contribution in [-0.4, -0.2) is 30.1 Å². The third-order valence-electron chi connectivity index (χ3n) is 3.31. The molecule has 94 valence electrons. The molecule has 0 bridgehead atoms. The molecule has 2 unspecified atom stereocenters. The molecule has 0 aromatic carbocycles. The summed E-state index contributed by atoms with van der Waals surface area (Å²) in [6.45, 7) is 4.41. The van der Waals surface area contributed by atoms with Crippen LogP contribution in [-0.2, 0) is 9.53 Å². The summed E-state index contributed by atoms with van der Waals surface area (Å²) < 4.78 is 4.82. The van der Waals surface area contributed by atoms with Crippen molar-refractivity contribution in [2.24, 2.45) is 17.6 Å². The van der Waals surface area contributed by atoms with Crippen LogP contribution in [0.25, 0.3) is 0 Å². The van der Waals surface area contributed by atoms with Gasteiger partial charge in [-0.1, -0.05) is 20.3 Å². The number of esters is 1. The van der Waals surface area contributed by atoms with Gasteiger partial charge in [-0.15, -0.1) is 0 Å². The van der Waals surface area contributed by atoms with Gasteiger partial charge in [0.2, 0.25) is 0 Å². The van der Waals surface area contributed by atoms with Gasteiger partial charge < -0.3 is 10.5 Å². The SMILES string of the molecule is CCC(C)CSCC(N)(C(=O)OC)C1CC1. The van der Waals surface area contributed by atoms with Gasteiger partial charge in [-0.3, -0.25) is 4.79 Å². The molecule has 4 heteroatoms. The van der Waals surface area contributed by atoms with Gasteiger partial charge in [0.1, 0.15) is 5.54 Å². The number of nitrogens with two attached hydrogens (primary N) is 1. The Bertz CT molecular complexity index is 243. The predicted molar refractivity (Wildman–Crippen MR) is 68.4 cm³/mol. The summed E-state index contributed by atoms with van der Waals surface area (Å²) in [6.07, 6.45) is 3.30. The predicted octanol–water partition coefficient (Wildman–Crippen LogP) is 2.05. The van der Waals surface area contributed by atoms with Gasteiger partial charge in [-0.2, -0.15) is 11.8 Å². The van der Waals surface area contributed by atoms with E-state index in [9.17, 15) is 4.79 Å². The van der Waals surface area contributed by atoms with Gasteiger partial charge in [0.05, 0.1) is 7.11 Å². The highest BCUT2D eigenvalue weighted by atomic mass is 32.2. The smallest absolute Gasteiger partial charge is 0.326 e. The van der Waals surface area contributed by atoms with Crippen LogP contribution in [0.3, 0.4) is 0 Å². The number of ether oxygens (including phenoxy) is 1. The zero-order valence-electron chi connectivity index (χ0n) is 10.5. The van der Waals surface area contributed by atoms with E-state index < -0.39 is 5.54 Å². The summed E-state index contributed by atoms with van der Waals surface area (Å²) in [6, 6.07) is 0. The first-order valence-electron chi connectivity index (χ1n) is 5.99. The van der Waals surface area contributed by atoms with Crippen LogP contribution >= 0.6 is 11.8 Å². The molecular formula is C12H23NO2S. The Morgan fingerprint density at radius 2 is 2.25 bits per heavy atom. The van der Waals surface area contributed by atoms with E-state index in [4.69, 9.17) is 10.5 Å². The molecule has 16 heavy (non-hydrogen) atoms. The lowest BCUT2D eigenvalue weighted by Crippen LogP contribution is -2.53. The van der Waals surface area contributed by atoms with Gasteiger partial charge in [0.25, 0.3) is 0 Å². The molecule has 0 aromatic rings. The van der Waals surface area contributed by atoms with Gasteiger partial charge in [0, 0.05) is 5.75 Å². The molecule has 1 rings (SSSR count). The van der Waals surface area contributed by atoms with Crippen molar-refractivity contribution in [3.05, 3.63) is 0 Å². The summed E-state index contributed by atoms with van der Waals surface area (Å²) in [5, 5.41) is 0. The third kappa shape index (κ3) is 3.39. The van der Waals surface area contributed by atoms with E-state index in [1.165, 1.54) is 13.5 Å². The highest BCUT2D eigenvalue weighted by Gasteiger charge is 2.48. The van der Waals surface area contributed by atoms with Crippen molar-refractivity contribution in [1.29, 1.82) is 0 Å². The molecule has 0 radical (unpaired) electrons. The van der Waals surface area contributed by atoms with E-state index in [-0.39, 0.29) is 5.97 Å². The molecule has 1 aliphatic rings. The van der Waals surface area contributed by atoms with Crippen LogP contribution in [0.1, 0.15) is 33.1 Å². The quantitative estimate of drug-likeness (QED) is 0.697. The number of thioether (sulfide) groups is 1. The normalized spacial score (nSPS) is 21.2. The average molecular weight is 245 g/mol. The first-order valence-corrected chi connectivity index (χ1v) is 7.15. The van der Waals surface area contributed by atoms with Gasteiger partial charge >= 0.3 is 5.97 Å². The topological polar surface area (TPSA) is 52.3 Å². The van der Waals surface area contributed by atoms with Crippen LogP contribution in [0.2, 0.25) is 0 Å². The minimum atomic E-state index is -0.743. The van der Waals surface area contributed by atoms with Crippen molar-refractivity contribution in [2.75, 3.05) is 18.6 Å². The van der Waals surface area contributed by atoms with Crippen LogP contribution in [0.15, 0.2) is 0 Å². The second-order valence-corrected chi connectivity index (χ2v) is 5.87. The summed E-state index contributed by atoms with van der Waals surface area (Å²) in [5.74, 6) is 2.54. The van der Waals surface area contributed by atoms with Crippen molar-refractivity contribution >= 4 is 17.7 Å². The fourth-order valence-corrected chi connectivity index (χ4v) is 3.13. The molecule has 0 aromatic heterocycles. The highest BCUT2D eigenvalue weighted by Crippen LogP contribution is 2.40. The fraction of sp³-hybridized carbons (Fsp3) is 0.917. The zero-order chi connectivity index (χ0) is 12.2. The fourth-order valence-electron chi connectivity index (χ4n) is 1.68. The zero-order valence-corrected chi connectivity index (χ0v) is 11.3. The van der Waals surface area contributed by atoms with E-state index in [0.717, 1.165) is 18.6 Å². The minimum absolute atomic E-state index is 0.244. The molecule has 1 saturated carbocycles. The Hall–Kier alpha value is -0.220. The molecule has 1 aliphatic carbocycles. The second-order valence-electron chi connectivity index (χ2n) is 4.83. The Kier molecular flexibility index (Phi) is 5.12. The maximum Gasteiger partial charge on any atom is 0.326 e. The molecule has 0 amide bonds. The van der Waals surface area contributed by atoms with Crippen LogP contribution in [0, 0.1) is 11.8 Å². The van der Waals surface area contributed by atoms with Gasteiger partial charge in [-0.05, 0) is 30.4 Å². The Balaban J connectivity index is 2.42. The lowest BCUT2D eigenvalue weighted by Gasteiger charge is -2.26. The summed E-state index contributed by atoms with van der Waals surface area (Å²) >= 11 is 1.78.